The molecule has 0 spiro atoms. The maximum Gasteiger partial charge on any atom is 0.145 e. The Kier molecular flexibility index (Phi) is 5.28. The molecule has 1 unspecified atom stereocenters. The molecule has 1 atom stereocenters. The minimum Gasteiger partial charge on any atom is -0.327 e. The van der Waals surface area contributed by atoms with Gasteiger partial charge in [0.1, 0.15) is 5.82 Å². The molecule has 0 aliphatic heterocycles. The average Bonchev–Trinajstić information content (AvgIpc) is 2.38. The fourth-order valence-electron chi connectivity index (χ4n) is 2.03. The minimum absolute atomic E-state index is 0.110. The molecule has 5 heteroatoms. The lowest BCUT2D eigenvalue weighted by molar-refractivity contribution is 0.584. The van der Waals surface area contributed by atoms with Crippen LogP contribution in [0.4, 0.5) is 4.39 Å². The van der Waals surface area contributed by atoms with Gasteiger partial charge >= 0.3 is 0 Å². The second-order valence-corrected chi connectivity index (χ2v) is 5.87. The van der Waals surface area contributed by atoms with Crippen LogP contribution in [0, 0.1) is 5.82 Å². The predicted molar refractivity (Wildman–Crippen MR) is 83.3 cm³/mol. The van der Waals surface area contributed by atoms with Gasteiger partial charge in [0.05, 0.1) is 5.02 Å². The van der Waals surface area contributed by atoms with Gasteiger partial charge in [-0.2, -0.15) is 0 Å². The van der Waals surface area contributed by atoms with E-state index in [2.05, 4.69) is 0 Å². The van der Waals surface area contributed by atoms with Gasteiger partial charge in [-0.3, -0.25) is 0 Å². The van der Waals surface area contributed by atoms with Crippen molar-refractivity contribution >= 4 is 34.8 Å². The van der Waals surface area contributed by atoms with Crippen molar-refractivity contribution in [1.29, 1.82) is 0 Å². The van der Waals surface area contributed by atoms with Crippen LogP contribution in [0.25, 0.3) is 0 Å². The molecule has 20 heavy (non-hydrogen) atoms. The molecule has 2 rings (SSSR count). The Morgan fingerprint density at radius 2 is 1.65 bits per heavy atom. The van der Waals surface area contributed by atoms with Gasteiger partial charge in [-0.25, -0.2) is 4.39 Å². The van der Waals surface area contributed by atoms with Crippen LogP contribution < -0.4 is 5.73 Å². The molecule has 0 aliphatic carbocycles. The molecular weight excluding hydrogens is 320 g/mol. The average molecular weight is 333 g/mol. The molecule has 0 bridgehead atoms. The van der Waals surface area contributed by atoms with E-state index in [0.29, 0.717) is 28.5 Å². The van der Waals surface area contributed by atoms with E-state index in [1.165, 1.54) is 6.07 Å². The quantitative estimate of drug-likeness (QED) is 0.847. The molecule has 106 valence electrons. The summed E-state index contributed by atoms with van der Waals surface area (Å²) >= 11 is 17.7. The van der Waals surface area contributed by atoms with E-state index in [1.807, 2.05) is 6.07 Å². The summed E-state index contributed by atoms with van der Waals surface area (Å²) in [7, 11) is 0. The Hall–Kier alpha value is -0.800. The summed E-state index contributed by atoms with van der Waals surface area (Å²) in [5.74, 6) is -0.410. The summed E-state index contributed by atoms with van der Waals surface area (Å²) in [5, 5.41) is 1.26. The highest BCUT2D eigenvalue weighted by atomic mass is 35.5. The van der Waals surface area contributed by atoms with Crippen LogP contribution in [0.5, 0.6) is 0 Å². The first-order valence-corrected chi connectivity index (χ1v) is 7.23. The third kappa shape index (κ3) is 3.86. The van der Waals surface area contributed by atoms with Gasteiger partial charge in [0.15, 0.2) is 0 Å². The van der Waals surface area contributed by atoms with Crippen LogP contribution in [0.15, 0.2) is 36.4 Å². The smallest absolute Gasteiger partial charge is 0.145 e. The lowest BCUT2D eigenvalue weighted by Gasteiger charge is -2.14. The highest BCUT2D eigenvalue weighted by molar-refractivity contribution is 6.35. The van der Waals surface area contributed by atoms with E-state index in [-0.39, 0.29) is 11.1 Å². The zero-order valence-electron chi connectivity index (χ0n) is 10.5. The fraction of sp³-hybridized carbons (Fsp3) is 0.200. The molecule has 2 aromatic rings. The molecular formula is C15H13Cl3FN. The summed E-state index contributed by atoms with van der Waals surface area (Å²) in [6.45, 7) is 0. The van der Waals surface area contributed by atoms with Gasteiger partial charge in [-0.05, 0) is 42.2 Å². The highest BCUT2D eigenvalue weighted by Crippen LogP contribution is 2.23. The minimum atomic E-state index is -0.410. The van der Waals surface area contributed by atoms with Crippen LogP contribution in [0.3, 0.4) is 0 Å². The lowest BCUT2D eigenvalue weighted by Crippen LogP contribution is -2.26. The first-order valence-electron chi connectivity index (χ1n) is 6.09. The maximum absolute atomic E-state index is 13.8. The largest absolute Gasteiger partial charge is 0.327 e. The van der Waals surface area contributed by atoms with Crippen molar-refractivity contribution in [3.8, 4) is 0 Å². The van der Waals surface area contributed by atoms with Crippen molar-refractivity contribution in [2.45, 2.75) is 18.9 Å². The van der Waals surface area contributed by atoms with Gasteiger partial charge in [-0.15, -0.1) is 0 Å². The van der Waals surface area contributed by atoms with E-state index in [4.69, 9.17) is 40.5 Å². The molecule has 2 N–H and O–H groups in total. The number of nitrogens with two attached hydrogens (primary N) is 1. The molecule has 0 aromatic heterocycles. The van der Waals surface area contributed by atoms with Gasteiger partial charge in [0.25, 0.3) is 0 Å². The molecule has 0 radical (unpaired) electrons. The van der Waals surface area contributed by atoms with E-state index in [9.17, 15) is 4.39 Å². The predicted octanol–water partition coefficient (Wildman–Crippen LogP) is 4.90. The van der Waals surface area contributed by atoms with Crippen LogP contribution in [0.1, 0.15) is 11.1 Å². The Morgan fingerprint density at radius 1 is 0.950 bits per heavy atom. The summed E-state index contributed by atoms with van der Waals surface area (Å²) in [6, 6.07) is 9.93. The van der Waals surface area contributed by atoms with E-state index in [0.717, 1.165) is 5.56 Å². The van der Waals surface area contributed by atoms with Crippen LogP contribution in [-0.4, -0.2) is 6.04 Å². The molecule has 0 saturated heterocycles. The molecule has 1 nitrogen and oxygen atoms in total. The van der Waals surface area contributed by atoms with Crippen molar-refractivity contribution in [3.63, 3.8) is 0 Å². The van der Waals surface area contributed by atoms with Crippen molar-refractivity contribution in [2.75, 3.05) is 0 Å². The SMILES string of the molecule is NC(Cc1ccc(Cl)cc1Cl)Cc1cccc(Cl)c1F. The van der Waals surface area contributed by atoms with Gasteiger partial charge < -0.3 is 5.73 Å². The summed E-state index contributed by atoms with van der Waals surface area (Å²) in [6.07, 6.45) is 0.938. The van der Waals surface area contributed by atoms with E-state index < -0.39 is 5.82 Å². The monoisotopic (exact) mass is 331 g/mol. The van der Waals surface area contributed by atoms with Gasteiger partial charge in [-0.1, -0.05) is 53.0 Å². The zero-order valence-corrected chi connectivity index (χ0v) is 12.8. The van der Waals surface area contributed by atoms with E-state index >= 15 is 0 Å². The van der Waals surface area contributed by atoms with Crippen LogP contribution in [0.2, 0.25) is 15.1 Å². The first-order chi connectivity index (χ1) is 9.47. The Balaban J connectivity index is 2.09. The second kappa shape index (κ2) is 6.77. The first kappa shape index (κ1) is 15.6. The number of rotatable bonds is 4. The molecule has 0 amide bonds. The van der Waals surface area contributed by atoms with Crippen molar-refractivity contribution in [1.82, 2.24) is 0 Å². The number of benzene rings is 2. The van der Waals surface area contributed by atoms with Gasteiger partial charge in [0, 0.05) is 16.1 Å². The molecule has 0 heterocycles. The lowest BCUT2D eigenvalue weighted by atomic mass is 9.99. The summed E-state index contributed by atoms with van der Waals surface area (Å²) in [5.41, 5.74) is 7.47. The van der Waals surface area contributed by atoms with Crippen molar-refractivity contribution < 1.29 is 4.39 Å². The molecule has 0 saturated carbocycles. The van der Waals surface area contributed by atoms with E-state index in [1.54, 1.807) is 24.3 Å². The summed E-state index contributed by atoms with van der Waals surface area (Å²) < 4.78 is 13.8. The molecule has 0 aliphatic rings. The van der Waals surface area contributed by atoms with Crippen LogP contribution >= 0.6 is 34.8 Å². The molecule has 2 aromatic carbocycles. The second-order valence-electron chi connectivity index (χ2n) is 4.62. The van der Waals surface area contributed by atoms with Crippen molar-refractivity contribution in [3.05, 3.63) is 68.4 Å². The van der Waals surface area contributed by atoms with Gasteiger partial charge in [0.2, 0.25) is 0 Å². The standard InChI is InChI=1S/C15H13Cl3FN/c16-11-5-4-9(14(18)8-11)6-12(20)7-10-2-1-3-13(17)15(10)19/h1-5,8,12H,6-7,20H2. The maximum atomic E-state index is 13.8. The summed E-state index contributed by atoms with van der Waals surface area (Å²) in [4.78, 5) is 0. The Labute approximate surface area is 132 Å². The highest BCUT2D eigenvalue weighted by Gasteiger charge is 2.12. The number of hydrogen-bond acceptors (Lipinski definition) is 1. The topological polar surface area (TPSA) is 26.0 Å². The number of halogens is 4. The normalized spacial score (nSPS) is 12.4. The van der Waals surface area contributed by atoms with Crippen LogP contribution in [-0.2, 0) is 12.8 Å². The Morgan fingerprint density at radius 3 is 2.35 bits per heavy atom. The Bertz CT molecular complexity index is 616. The van der Waals surface area contributed by atoms with Crippen molar-refractivity contribution in [2.24, 2.45) is 5.73 Å². The zero-order chi connectivity index (χ0) is 14.7. The third-order valence-electron chi connectivity index (χ3n) is 3.01. The molecule has 0 fully saturated rings. The number of hydrogen-bond donors (Lipinski definition) is 1. The fourth-order valence-corrected chi connectivity index (χ4v) is 2.71. The third-order valence-corrected chi connectivity index (χ3v) is 3.89.